The SMILES string of the molecule is CCCC(C)(CN)CN1CCCC1CC. The molecule has 0 spiro atoms. The molecular formula is C13H28N2. The van der Waals surface area contributed by atoms with Crippen molar-refractivity contribution >= 4 is 0 Å². The molecule has 2 N–H and O–H groups in total. The molecule has 1 heterocycles. The van der Waals surface area contributed by atoms with Crippen LogP contribution in [0.1, 0.15) is 52.9 Å². The van der Waals surface area contributed by atoms with E-state index in [9.17, 15) is 0 Å². The van der Waals surface area contributed by atoms with Gasteiger partial charge in [0, 0.05) is 12.6 Å². The Morgan fingerprint density at radius 2 is 2.13 bits per heavy atom. The van der Waals surface area contributed by atoms with Crippen molar-refractivity contribution in [2.24, 2.45) is 11.1 Å². The maximum Gasteiger partial charge on any atom is 0.00933 e. The normalized spacial score (nSPS) is 26.8. The Morgan fingerprint density at radius 3 is 2.67 bits per heavy atom. The van der Waals surface area contributed by atoms with E-state index in [1.54, 1.807) is 0 Å². The summed E-state index contributed by atoms with van der Waals surface area (Å²) in [6.45, 7) is 10.2. The molecule has 0 radical (unpaired) electrons. The molecule has 1 rings (SSSR count). The van der Waals surface area contributed by atoms with Gasteiger partial charge >= 0.3 is 0 Å². The zero-order valence-corrected chi connectivity index (χ0v) is 10.8. The second-order valence-electron chi connectivity index (χ2n) is 5.44. The molecule has 0 aromatic rings. The van der Waals surface area contributed by atoms with Crippen LogP contribution < -0.4 is 5.73 Å². The standard InChI is InChI=1S/C13H28N2/c1-4-8-13(3,10-14)11-15-9-6-7-12(15)5-2/h12H,4-11,14H2,1-3H3. The fourth-order valence-electron chi connectivity index (χ4n) is 2.91. The minimum Gasteiger partial charge on any atom is -0.330 e. The lowest BCUT2D eigenvalue weighted by atomic mass is 9.85. The quantitative estimate of drug-likeness (QED) is 0.733. The third kappa shape index (κ3) is 3.46. The van der Waals surface area contributed by atoms with Crippen molar-refractivity contribution in [3.05, 3.63) is 0 Å². The summed E-state index contributed by atoms with van der Waals surface area (Å²) in [4.78, 5) is 2.67. The maximum atomic E-state index is 5.93. The molecule has 2 atom stereocenters. The van der Waals surface area contributed by atoms with Gasteiger partial charge in [-0.3, -0.25) is 4.90 Å². The van der Waals surface area contributed by atoms with E-state index in [1.165, 1.54) is 45.2 Å². The zero-order chi connectivity index (χ0) is 11.3. The van der Waals surface area contributed by atoms with Crippen molar-refractivity contribution in [2.45, 2.75) is 58.9 Å². The molecule has 1 aliphatic rings. The van der Waals surface area contributed by atoms with E-state index >= 15 is 0 Å². The molecule has 2 unspecified atom stereocenters. The lowest BCUT2D eigenvalue weighted by Crippen LogP contribution is -2.42. The van der Waals surface area contributed by atoms with Crippen LogP contribution in [0, 0.1) is 5.41 Å². The highest BCUT2D eigenvalue weighted by Crippen LogP contribution is 2.28. The van der Waals surface area contributed by atoms with Crippen LogP contribution in [-0.4, -0.2) is 30.6 Å². The van der Waals surface area contributed by atoms with Crippen molar-refractivity contribution < 1.29 is 0 Å². The van der Waals surface area contributed by atoms with Crippen LogP contribution in [0.4, 0.5) is 0 Å². The highest BCUT2D eigenvalue weighted by atomic mass is 15.2. The van der Waals surface area contributed by atoms with E-state index in [4.69, 9.17) is 5.73 Å². The molecule has 0 saturated carbocycles. The van der Waals surface area contributed by atoms with Crippen molar-refractivity contribution in [3.63, 3.8) is 0 Å². The summed E-state index contributed by atoms with van der Waals surface area (Å²) in [7, 11) is 0. The second kappa shape index (κ2) is 5.86. The third-order valence-electron chi connectivity index (χ3n) is 3.90. The molecule has 15 heavy (non-hydrogen) atoms. The molecule has 1 aliphatic heterocycles. The van der Waals surface area contributed by atoms with Crippen molar-refractivity contribution in [1.29, 1.82) is 0 Å². The van der Waals surface area contributed by atoms with E-state index in [-0.39, 0.29) is 0 Å². The second-order valence-corrected chi connectivity index (χ2v) is 5.44. The fourth-order valence-corrected chi connectivity index (χ4v) is 2.91. The van der Waals surface area contributed by atoms with Gasteiger partial charge in [-0.15, -0.1) is 0 Å². The highest BCUT2D eigenvalue weighted by Gasteiger charge is 2.30. The minimum atomic E-state index is 0.340. The van der Waals surface area contributed by atoms with Crippen molar-refractivity contribution in [3.8, 4) is 0 Å². The van der Waals surface area contributed by atoms with E-state index in [2.05, 4.69) is 25.7 Å². The van der Waals surface area contributed by atoms with E-state index in [0.29, 0.717) is 5.41 Å². The first kappa shape index (κ1) is 13.0. The summed E-state index contributed by atoms with van der Waals surface area (Å²) < 4.78 is 0. The van der Waals surface area contributed by atoms with Gasteiger partial charge in [-0.05, 0) is 44.2 Å². The molecule has 2 heteroatoms. The number of likely N-dealkylation sites (tertiary alicyclic amines) is 1. The third-order valence-corrected chi connectivity index (χ3v) is 3.90. The number of hydrogen-bond acceptors (Lipinski definition) is 2. The number of nitrogens with zero attached hydrogens (tertiary/aromatic N) is 1. The van der Waals surface area contributed by atoms with Gasteiger partial charge in [0.15, 0.2) is 0 Å². The lowest BCUT2D eigenvalue weighted by molar-refractivity contribution is 0.145. The Balaban J connectivity index is 2.50. The van der Waals surface area contributed by atoms with Crippen LogP contribution >= 0.6 is 0 Å². The molecule has 1 fully saturated rings. The number of hydrogen-bond donors (Lipinski definition) is 1. The first-order valence-electron chi connectivity index (χ1n) is 6.59. The predicted octanol–water partition coefficient (Wildman–Crippen LogP) is 2.63. The summed E-state index contributed by atoms with van der Waals surface area (Å²) in [5.74, 6) is 0. The smallest absolute Gasteiger partial charge is 0.00933 e. The molecule has 0 amide bonds. The fraction of sp³-hybridized carbons (Fsp3) is 1.00. The lowest BCUT2D eigenvalue weighted by Gasteiger charge is -2.35. The molecule has 0 bridgehead atoms. The van der Waals surface area contributed by atoms with E-state index < -0.39 is 0 Å². The van der Waals surface area contributed by atoms with Gasteiger partial charge in [0.05, 0.1) is 0 Å². The molecule has 2 nitrogen and oxygen atoms in total. The van der Waals surface area contributed by atoms with Crippen LogP contribution in [0.15, 0.2) is 0 Å². The molecule has 0 aliphatic carbocycles. The summed E-state index contributed by atoms with van der Waals surface area (Å²) >= 11 is 0. The molecular weight excluding hydrogens is 184 g/mol. The number of nitrogens with two attached hydrogens (primary N) is 1. The van der Waals surface area contributed by atoms with Gasteiger partial charge < -0.3 is 5.73 Å². The predicted molar refractivity (Wildman–Crippen MR) is 67.0 cm³/mol. The van der Waals surface area contributed by atoms with E-state index in [1.807, 2.05) is 0 Å². The Bertz CT molecular complexity index is 181. The van der Waals surface area contributed by atoms with Gasteiger partial charge in [0.1, 0.15) is 0 Å². The van der Waals surface area contributed by atoms with Gasteiger partial charge in [0.25, 0.3) is 0 Å². The minimum absolute atomic E-state index is 0.340. The molecule has 90 valence electrons. The summed E-state index contributed by atoms with van der Waals surface area (Å²) in [6, 6.07) is 0.827. The van der Waals surface area contributed by atoms with Gasteiger partial charge in [0.2, 0.25) is 0 Å². The van der Waals surface area contributed by atoms with Gasteiger partial charge in [-0.1, -0.05) is 27.2 Å². The highest BCUT2D eigenvalue weighted by molar-refractivity contribution is 4.85. The van der Waals surface area contributed by atoms with Crippen LogP contribution in [0.25, 0.3) is 0 Å². The van der Waals surface area contributed by atoms with Crippen LogP contribution in [-0.2, 0) is 0 Å². The Hall–Kier alpha value is -0.0800. The summed E-state index contributed by atoms with van der Waals surface area (Å²) in [5.41, 5.74) is 6.27. The zero-order valence-electron chi connectivity index (χ0n) is 10.8. The topological polar surface area (TPSA) is 29.3 Å². The van der Waals surface area contributed by atoms with Crippen LogP contribution in [0.3, 0.4) is 0 Å². The summed E-state index contributed by atoms with van der Waals surface area (Å²) in [6.07, 6.45) is 6.58. The average molecular weight is 212 g/mol. The number of rotatable bonds is 6. The van der Waals surface area contributed by atoms with Crippen molar-refractivity contribution in [1.82, 2.24) is 4.90 Å². The first-order chi connectivity index (χ1) is 7.15. The van der Waals surface area contributed by atoms with E-state index in [0.717, 1.165) is 12.6 Å². The Labute approximate surface area is 95.2 Å². The van der Waals surface area contributed by atoms with Crippen molar-refractivity contribution in [2.75, 3.05) is 19.6 Å². The van der Waals surface area contributed by atoms with Crippen LogP contribution in [0.5, 0.6) is 0 Å². The molecule has 1 saturated heterocycles. The monoisotopic (exact) mass is 212 g/mol. The Morgan fingerprint density at radius 1 is 1.40 bits per heavy atom. The van der Waals surface area contributed by atoms with Gasteiger partial charge in [-0.2, -0.15) is 0 Å². The molecule has 0 aromatic heterocycles. The Kier molecular flexibility index (Phi) is 5.07. The average Bonchev–Trinajstić information content (AvgIpc) is 2.65. The first-order valence-corrected chi connectivity index (χ1v) is 6.59. The van der Waals surface area contributed by atoms with Gasteiger partial charge in [-0.25, -0.2) is 0 Å². The molecule has 0 aromatic carbocycles. The maximum absolute atomic E-state index is 5.93. The summed E-state index contributed by atoms with van der Waals surface area (Å²) in [5, 5.41) is 0. The van der Waals surface area contributed by atoms with Crippen LogP contribution in [0.2, 0.25) is 0 Å². The largest absolute Gasteiger partial charge is 0.330 e.